The highest BCUT2D eigenvalue weighted by Crippen LogP contribution is 2.37. The molecule has 3 N–H and O–H groups in total. The summed E-state index contributed by atoms with van der Waals surface area (Å²) in [5, 5.41) is 2.92. The standard InChI is InChI=1S/C32H18N8O2S.Al.3H/c41-43(42)23-15-7-14-22-24(23)32-39-30-21-13-6-5-12-20(21)28(37-30)35-26-17-9-2-1-8-16(17)25(33-26)34-27-18-10-3-4-11-19(18)29(36-27)38-31(22)40-32;;;;/h1-15H,(H,41,42)(H2,33,34,35,36,37,38,39,40);;;;. The third-order valence-corrected chi connectivity index (χ3v) is 8.45. The second-order valence-electron chi connectivity index (χ2n) is 10.2. The van der Waals surface area contributed by atoms with E-state index in [1.807, 2.05) is 78.9 Å². The minimum absolute atomic E-state index is 0. The van der Waals surface area contributed by atoms with Crippen molar-refractivity contribution in [3.63, 3.8) is 0 Å². The van der Waals surface area contributed by atoms with Crippen LogP contribution in [0, 0.1) is 0 Å². The fraction of sp³-hybridized carbons (Fsp3) is 0. The van der Waals surface area contributed by atoms with Crippen molar-refractivity contribution >= 4 is 72.6 Å². The van der Waals surface area contributed by atoms with E-state index < -0.39 is 11.1 Å². The molecule has 0 radical (unpaired) electrons. The van der Waals surface area contributed by atoms with Crippen LogP contribution in [0.4, 0.5) is 0 Å². The number of benzene rings is 4. The van der Waals surface area contributed by atoms with Gasteiger partial charge >= 0.3 is 0 Å². The Morgan fingerprint density at radius 2 is 0.864 bits per heavy atom. The minimum atomic E-state index is -2.27. The van der Waals surface area contributed by atoms with Gasteiger partial charge in [0.2, 0.25) is 0 Å². The topological polar surface area (TPSA) is 146 Å². The smallest absolute Gasteiger partial charge is 0.187 e. The zero-order valence-corrected chi connectivity index (χ0v) is 22.9. The first kappa shape index (κ1) is 26.5. The van der Waals surface area contributed by atoms with Gasteiger partial charge in [0.15, 0.2) is 51.7 Å². The number of nitrogens with one attached hydrogen (secondary N) is 2. The van der Waals surface area contributed by atoms with Crippen molar-refractivity contribution in [2.24, 2.45) is 0 Å². The van der Waals surface area contributed by atoms with E-state index in [0.717, 1.165) is 33.0 Å². The zero-order chi connectivity index (χ0) is 28.7. The van der Waals surface area contributed by atoms with Crippen LogP contribution < -0.4 is 0 Å². The molecule has 8 bridgehead atoms. The first-order valence-electron chi connectivity index (χ1n) is 13.5. The second-order valence-corrected chi connectivity index (χ2v) is 11.1. The van der Waals surface area contributed by atoms with Crippen molar-refractivity contribution < 1.29 is 8.76 Å². The third-order valence-electron chi connectivity index (χ3n) is 7.73. The monoisotopic (exact) mass is 608 g/mol. The lowest BCUT2D eigenvalue weighted by Crippen LogP contribution is -1.89. The number of H-pyrrole nitrogens is 2. The number of fused-ring (bicyclic) bond motifs is 20. The van der Waals surface area contributed by atoms with Gasteiger partial charge < -0.3 is 14.5 Å². The predicted octanol–water partition coefficient (Wildman–Crippen LogP) is 5.27. The molecule has 12 heteroatoms. The van der Waals surface area contributed by atoms with Crippen LogP contribution in [0.2, 0.25) is 0 Å². The van der Waals surface area contributed by atoms with E-state index in [9.17, 15) is 8.76 Å². The van der Waals surface area contributed by atoms with Crippen molar-refractivity contribution in [1.82, 2.24) is 39.9 Å². The largest absolute Gasteiger partial charge is 0.324 e. The number of nitrogens with zero attached hydrogens (tertiary/aromatic N) is 6. The van der Waals surface area contributed by atoms with Crippen LogP contribution in [0.15, 0.2) is 95.9 Å². The third kappa shape index (κ3) is 3.93. The highest BCUT2D eigenvalue weighted by molar-refractivity contribution is 7.79. The van der Waals surface area contributed by atoms with Gasteiger partial charge in [0.05, 0.1) is 4.90 Å². The summed E-state index contributed by atoms with van der Waals surface area (Å²) in [5.74, 6) is 1.89. The fourth-order valence-corrected chi connectivity index (χ4v) is 6.38. The Labute approximate surface area is 261 Å². The molecule has 0 amide bonds. The SMILES string of the molecule is O=S(O)c1cccc2c3nc4nc(nc5[nH]c(nc6nc(nc([nH]3)c12)-c1ccccc1-6)c1ccccc51)-c1ccccc1-4.[AlH3]. The Bertz CT molecular complexity index is 2520. The van der Waals surface area contributed by atoms with Crippen LogP contribution in [0.3, 0.4) is 0 Å². The lowest BCUT2D eigenvalue weighted by Gasteiger charge is -1.98. The summed E-state index contributed by atoms with van der Waals surface area (Å²) in [7, 11) is 0. The van der Waals surface area contributed by atoms with E-state index in [-0.39, 0.29) is 22.3 Å². The summed E-state index contributed by atoms with van der Waals surface area (Å²) in [6.45, 7) is 0. The zero-order valence-electron chi connectivity index (χ0n) is 22.1. The Balaban J connectivity index is 0.00000289. The lowest BCUT2D eigenvalue weighted by atomic mass is 10.1. The van der Waals surface area contributed by atoms with Gasteiger partial charge in [-0.2, -0.15) is 0 Å². The minimum Gasteiger partial charge on any atom is -0.324 e. The molecular weight excluding hydrogens is 587 g/mol. The molecule has 1 atom stereocenters. The van der Waals surface area contributed by atoms with Crippen LogP contribution in [-0.4, -0.2) is 66.0 Å². The Hall–Kier alpha value is -5.12. The van der Waals surface area contributed by atoms with Crippen molar-refractivity contribution in [3.05, 3.63) is 91.0 Å². The Morgan fingerprint density at radius 3 is 1.34 bits per heavy atom. The fourth-order valence-electron chi connectivity index (χ4n) is 5.80. The van der Waals surface area contributed by atoms with Crippen LogP contribution in [0.1, 0.15) is 0 Å². The molecule has 7 aromatic rings. The van der Waals surface area contributed by atoms with E-state index in [1.165, 1.54) is 0 Å². The van der Waals surface area contributed by atoms with Crippen LogP contribution >= 0.6 is 0 Å². The lowest BCUT2D eigenvalue weighted by molar-refractivity contribution is 0.565. The first-order chi connectivity index (χ1) is 21.1. The van der Waals surface area contributed by atoms with Crippen molar-refractivity contribution in [2.45, 2.75) is 4.90 Å². The van der Waals surface area contributed by atoms with E-state index in [2.05, 4.69) is 9.97 Å². The second kappa shape index (κ2) is 9.97. The van der Waals surface area contributed by atoms with Gasteiger partial charge in [-0.1, -0.05) is 84.9 Å². The number of aromatic amines is 2. The molecule has 9 rings (SSSR count). The molecule has 210 valence electrons. The maximum absolute atomic E-state index is 12.4. The summed E-state index contributed by atoms with van der Waals surface area (Å²) in [4.78, 5) is 36.4. The molecule has 1 unspecified atom stereocenters. The molecule has 2 aliphatic rings. The molecule has 0 spiro atoms. The van der Waals surface area contributed by atoms with Crippen molar-refractivity contribution in [3.8, 4) is 45.6 Å². The number of hydrogen-bond donors (Lipinski definition) is 3. The van der Waals surface area contributed by atoms with Gasteiger partial charge in [0.1, 0.15) is 22.6 Å². The number of aromatic nitrogens is 8. The molecule has 0 aliphatic carbocycles. The maximum atomic E-state index is 12.4. The molecule has 5 heterocycles. The molecular formula is C32H21AlN8O2S. The van der Waals surface area contributed by atoms with Gasteiger partial charge in [-0.15, -0.1) is 0 Å². The van der Waals surface area contributed by atoms with Gasteiger partial charge in [-0.05, 0) is 6.07 Å². The van der Waals surface area contributed by atoms with Gasteiger partial charge in [-0.3, -0.25) is 0 Å². The quantitative estimate of drug-likeness (QED) is 0.169. The van der Waals surface area contributed by atoms with Crippen LogP contribution in [0.25, 0.3) is 89.7 Å². The molecule has 44 heavy (non-hydrogen) atoms. The Kier molecular flexibility index (Phi) is 6.01. The van der Waals surface area contributed by atoms with E-state index >= 15 is 0 Å². The molecule has 0 fully saturated rings. The summed E-state index contributed by atoms with van der Waals surface area (Å²) < 4.78 is 22.6. The summed E-state index contributed by atoms with van der Waals surface area (Å²) in [6, 6.07) is 28.6. The van der Waals surface area contributed by atoms with Gasteiger partial charge in [0.25, 0.3) is 0 Å². The van der Waals surface area contributed by atoms with Gasteiger partial charge in [-0.25, -0.2) is 34.1 Å². The maximum Gasteiger partial charge on any atom is 0.187 e. The highest BCUT2D eigenvalue weighted by atomic mass is 32.2. The molecule has 0 saturated heterocycles. The summed E-state index contributed by atoms with van der Waals surface area (Å²) in [6.07, 6.45) is 0. The molecule has 0 saturated carbocycles. The summed E-state index contributed by atoms with van der Waals surface area (Å²) >= 11 is -2.27. The Morgan fingerprint density at radius 1 is 0.477 bits per heavy atom. The van der Waals surface area contributed by atoms with Crippen molar-refractivity contribution in [1.29, 1.82) is 0 Å². The van der Waals surface area contributed by atoms with E-state index in [4.69, 9.17) is 29.9 Å². The van der Waals surface area contributed by atoms with Crippen LogP contribution in [-0.2, 0) is 11.1 Å². The van der Waals surface area contributed by atoms with Crippen LogP contribution in [0.5, 0.6) is 0 Å². The first-order valence-corrected chi connectivity index (χ1v) is 14.6. The molecule has 10 nitrogen and oxygen atoms in total. The normalized spacial score (nSPS) is 12.5. The van der Waals surface area contributed by atoms with Gasteiger partial charge in [0, 0.05) is 43.8 Å². The molecule has 2 aliphatic heterocycles. The average molecular weight is 609 g/mol. The molecule has 4 aromatic carbocycles. The average Bonchev–Trinajstić information content (AvgIpc) is 3.76. The molecule has 3 aromatic heterocycles. The van der Waals surface area contributed by atoms with E-state index in [0.29, 0.717) is 56.7 Å². The predicted molar refractivity (Wildman–Crippen MR) is 175 cm³/mol. The summed E-state index contributed by atoms with van der Waals surface area (Å²) in [5.41, 5.74) is 5.34. The van der Waals surface area contributed by atoms with Crippen molar-refractivity contribution in [2.75, 3.05) is 0 Å². The highest BCUT2D eigenvalue weighted by Gasteiger charge is 2.22. The van der Waals surface area contributed by atoms with E-state index in [1.54, 1.807) is 12.1 Å². The number of hydrogen-bond acceptors (Lipinski definition) is 7. The number of rotatable bonds is 1.